The lowest BCUT2D eigenvalue weighted by atomic mass is 10.2. The van der Waals surface area contributed by atoms with Crippen molar-refractivity contribution in [1.29, 1.82) is 0 Å². The number of hydrogen-bond acceptors (Lipinski definition) is 3. The molecular weight excluding hydrogens is 182 g/mol. The highest BCUT2D eigenvalue weighted by Crippen LogP contribution is 2.14. The third-order valence-corrected chi connectivity index (χ3v) is 2.44. The Bertz CT molecular complexity index is 178. The summed E-state index contributed by atoms with van der Waals surface area (Å²) in [6, 6.07) is 0. The Morgan fingerprint density at radius 1 is 1.71 bits per heavy atom. The van der Waals surface area contributed by atoms with Gasteiger partial charge in [0.05, 0.1) is 18.6 Å². The van der Waals surface area contributed by atoms with Crippen LogP contribution in [0.5, 0.6) is 0 Å². The molecule has 0 aromatic rings. The van der Waals surface area contributed by atoms with E-state index in [-0.39, 0.29) is 12.0 Å². The fourth-order valence-electron chi connectivity index (χ4n) is 1.46. The van der Waals surface area contributed by atoms with Gasteiger partial charge in [-0.2, -0.15) is 0 Å². The number of nitrogens with one attached hydrogen (secondary N) is 1. The van der Waals surface area contributed by atoms with Crippen LogP contribution in [0.2, 0.25) is 0 Å². The number of hydrogen-bond donors (Lipinski definition) is 2. The van der Waals surface area contributed by atoms with Gasteiger partial charge in [0.1, 0.15) is 0 Å². The first-order chi connectivity index (χ1) is 6.72. The van der Waals surface area contributed by atoms with Gasteiger partial charge in [-0.05, 0) is 19.3 Å². The monoisotopic (exact) mass is 201 g/mol. The van der Waals surface area contributed by atoms with Crippen LogP contribution in [0, 0.1) is 0 Å². The first kappa shape index (κ1) is 11.5. The maximum Gasteiger partial charge on any atom is 0.222 e. The van der Waals surface area contributed by atoms with Crippen LogP contribution in [-0.2, 0) is 9.53 Å². The van der Waals surface area contributed by atoms with Gasteiger partial charge in [0.25, 0.3) is 0 Å². The molecule has 2 unspecified atom stereocenters. The van der Waals surface area contributed by atoms with Crippen LogP contribution in [0.3, 0.4) is 0 Å². The highest BCUT2D eigenvalue weighted by atomic mass is 16.5. The van der Waals surface area contributed by atoms with Crippen LogP contribution < -0.4 is 5.32 Å². The summed E-state index contributed by atoms with van der Waals surface area (Å²) in [4.78, 5) is 11.3. The molecule has 14 heavy (non-hydrogen) atoms. The molecule has 1 amide bonds. The van der Waals surface area contributed by atoms with Gasteiger partial charge in [-0.25, -0.2) is 0 Å². The zero-order valence-electron chi connectivity index (χ0n) is 8.66. The summed E-state index contributed by atoms with van der Waals surface area (Å²) in [6.45, 7) is 3.01. The molecule has 1 rings (SSSR count). The second-order valence-corrected chi connectivity index (χ2v) is 3.71. The minimum Gasteiger partial charge on any atom is -0.391 e. The molecule has 82 valence electrons. The molecule has 0 bridgehead atoms. The second-order valence-electron chi connectivity index (χ2n) is 3.71. The average Bonchev–Trinajstić information content (AvgIpc) is 2.66. The summed E-state index contributed by atoms with van der Waals surface area (Å²) in [6.07, 6.45) is 2.79. The third-order valence-electron chi connectivity index (χ3n) is 2.44. The molecule has 0 aromatic carbocycles. The van der Waals surface area contributed by atoms with Crippen molar-refractivity contribution >= 4 is 5.91 Å². The maximum atomic E-state index is 11.3. The van der Waals surface area contributed by atoms with Gasteiger partial charge in [0, 0.05) is 13.2 Å². The average molecular weight is 201 g/mol. The van der Waals surface area contributed by atoms with Crippen LogP contribution in [0.4, 0.5) is 0 Å². The normalized spacial score (nSPS) is 23.4. The van der Waals surface area contributed by atoms with Crippen molar-refractivity contribution in [3.8, 4) is 0 Å². The number of ether oxygens (including phenoxy) is 1. The van der Waals surface area contributed by atoms with Crippen LogP contribution in [0.1, 0.15) is 32.6 Å². The lowest BCUT2D eigenvalue weighted by Gasteiger charge is -2.11. The Morgan fingerprint density at radius 3 is 3.07 bits per heavy atom. The summed E-state index contributed by atoms with van der Waals surface area (Å²) in [5.74, 6) is -0.0237. The third kappa shape index (κ3) is 4.07. The molecule has 0 spiro atoms. The molecule has 1 fully saturated rings. The summed E-state index contributed by atoms with van der Waals surface area (Å²) in [5.41, 5.74) is 0. The Hall–Kier alpha value is -0.610. The van der Waals surface area contributed by atoms with Gasteiger partial charge >= 0.3 is 0 Å². The summed E-state index contributed by atoms with van der Waals surface area (Å²) in [7, 11) is 0. The van der Waals surface area contributed by atoms with Crippen molar-refractivity contribution in [3.63, 3.8) is 0 Å². The van der Waals surface area contributed by atoms with Crippen molar-refractivity contribution in [2.24, 2.45) is 0 Å². The lowest BCUT2D eigenvalue weighted by Crippen LogP contribution is -2.33. The van der Waals surface area contributed by atoms with Crippen LogP contribution in [0.25, 0.3) is 0 Å². The van der Waals surface area contributed by atoms with Gasteiger partial charge in [-0.15, -0.1) is 0 Å². The molecule has 1 heterocycles. The fraction of sp³-hybridized carbons (Fsp3) is 0.900. The zero-order chi connectivity index (χ0) is 10.4. The van der Waals surface area contributed by atoms with E-state index in [9.17, 15) is 9.90 Å². The van der Waals surface area contributed by atoms with Crippen LogP contribution in [0.15, 0.2) is 0 Å². The minimum atomic E-state index is -0.427. The first-order valence-corrected chi connectivity index (χ1v) is 5.28. The predicted molar refractivity (Wildman–Crippen MR) is 52.9 cm³/mol. The van der Waals surface area contributed by atoms with Gasteiger partial charge in [0.2, 0.25) is 5.91 Å². The number of aliphatic hydroxyl groups is 1. The molecule has 1 saturated heterocycles. The topological polar surface area (TPSA) is 58.6 Å². The van der Waals surface area contributed by atoms with E-state index in [1.54, 1.807) is 0 Å². The number of aliphatic hydroxyl groups excluding tert-OH is 1. The maximum absolute atomic E-state index is 11.3. The Kier molecular flexibility index (Phi) is 4.90. The number of rotatable bonds is 5. The quantitative estimate of drug-likeness (QED) is 0.678. The largest absolute Gasteiger partial charge is 0.391 e. The number of carbonyl (C=O) groups is 1. The van der Waals surface area contributed by atoms with Crippen LogP contribution in [-0.4, -0.2) is 36.4 Å². The zero-order valence-corrected chi connectivity index (χ0v) is 8.66. The van der Waals surface area contributed by atoms with E-state index in [2.05, 4.69) is 5.32 Å². The van der Waals surface area contributed by atoms with Gasteiger partial charge < -0.3 is 15.2 Å². The van der Waals surface area contributed by atoms with Crippen molar-refractivity contribution in [1.82, 2.24) is 5.32 Å². The van der Waals surface area contributed by atoms with E-state index in [1.165, 1.54) is 0 Å². The molecule has 0 aromatic heterocycles. The van der Waals surface area contributed by atoms with E-state index in [0.29, 0.717) is 19.4 Å². The molecule has 4 nitrogen and oxygen atoms in total. The summed E-state index contributed by atoms with van der Waals surface area (Å²) >= 11 is 0. The molecule has 1 aliphatic heterocycles. The molecule has 0 radical (unpaired) electrons. The Labute approximate surface area is 84.6 Å². The number of amides is 1. The summed E-state index contributed by atoms with van der Waals surface area (Å²) < 4.78 is 5.33. The SMILES string of the molecule is CCC(O)CNC(=O)CC1CCCO1. The second kappa shape index (κ2) is 5.98. The van der Waals surface area contributed by atoms with Crippen molar-refractivity contribution in [3.05, 3.63) is 0 Å². The van der Waals surface area contributed by atoms with Crippen molar-refractivity contribution in [2.45, 2.75) is 44.8 Å². The van der Waals surface area contributed by atoms with E-state index >= 15 is 0 Å². The fourth-order valence-corrected chi connectivity index (χ4v) is 1.46. The van der Waals surface area contributed by atoms with E-state index in [1.807, 2.05) is 6.92 Å². The molecule has 0 aliphatic carbocycles. The molecule has 2 atom stereocenters. The van der Waals surface area contributed by atoms with Gasteiger partial charge in [0.15, 0.2) is 0 Å². The molecule has 1 aliphatic rings. The molecule has 0 saturated carbocycles. The van der Waals surface area contributed by atoms with Crippen LogP contribution >= 0.6 is 0 Å². The molecule has 2 N–H and O–H groups in total. The Morgan fingerprint density at radius 2 is 2.50 bits per heavy atom. The number of carbonyl (C=O) groups excluding carboxylic acids is 1. The van der Waals surface area contributed by atoms with E-state index in [4.69, 9.17) is 4.74 Å². The highest BCUT2D eigenvalue weighted by molar-refractivity contribution is 5.76. The standard InChI is InChI=1S/C10H19NO3/c1-2-8(12)7-11-10(13)6-9-4-3-5-14-9/h8-9,12H,2-7H2,1H3,(H,11,13). The molecular formula is C10H19NO3. The Balaban J connectivity index is 2.09. The highest BCUT2D eigenvalue weighted by Gasteiger charge is 2.18. The van der Waals surface area contributed by atoms with E-state index in [0.717, 1.165) is 19.4 Å². The van der Waals surface area contributed by atoms with E-state index < -0.39 is 6.10 Å². The first-order valence-electron chi connectivity index (χ1n) is 5.28. The predicted octanol–water partition coefficient (Wildman–Crippen LogP) is 0.443. The van der Waals surface area contributed by atoms with Gasteiger partial charge in [-0.1, -0.05) is 6.92 Å². The van der Waals surface area contributed by atoms with Crippen molar-refractivity contribution in [2.75, 3.05) is 13.2 Å². The smallest absolute Gasteiger partial charge is 0.222 e. The summed E-state index contributed by atoms with van der Waals surface area (Å²) in [5, 5.41) is 11.9. The molecule has 4 heteroatoms. The minimum absolute atomic E-state index is 0.0237. The lowest BCUT2D eigenvalue weighted by molar-refractivity contribution is -0.123. The van der Waals surface area contributed by atoms with Crippen molar-refractivity contribution < 1.29 is 14.6 Å². The van der Waals surface area contributed by atoms with Gasteiger partial charge in [-0.3, -0.25) is 4.79 Å².